The summed E-state index contributed by atoms with van der Waals surface area (Å²) in [5.74, 6) is 0.995. The van der Waals surface area contributed by atoms with E-state index in [1.54, 1.807) is 7.11 Å². The summed E-state index contributed by atoms with van der Waals surface area (Å²) in [6, 6.07) is 12.7. The van der Waals surface area contributed by atoms with Crippen molar-refractivity contribution in [2.75, 3.05) is 20.3 Å². The minimum Gasteiger partial charge on any atom is -0.382 e. The molecule has 0 N–H and O–H groups in total. The van der Waals surface area contributed by atoms with Gasteiger partial charge in [0.05, 0.1) is 24.2 Å². The number of hydrogen-bond donors (Lipinski definition) is 0. The lowest BCUT2D eigenvalue weighted by molar-refractivity contribution is -0.720. The zero-order chi connectivity index (χ0) is 17.2. The van der Waals surface area contributed by atoms with E-state index in [0.29, 0.717) is 19.9 Å². The first-order valence-corrected chi connectivity index (χ1v) is 8.30. The molecule has 4 heteroatoms. The molecular weight excluding hydrogens is 300 g/mol. The van der Waals surface area contributed by atoms with Crippen LogP contribution >= 0.6 is 0 Å². The van der Waals surface area contributed by atoms with Gasteiger partial charge in [-0.2, -0.15) is 0 Å². The van der Waals surface area contributed by atoms with Crippen molar-refractivity contribution >= 4 is 11.5 Å². The van der Waals surface area contributed by atoms with Crippen LogP contribution in [0.1, 0.15) is 26.3 Å². The van der Waals surface area contributed by atoms with Crippen molar-refractivity contribution in [2.24, 2.45) is 4.99 Å². The average Bonchev–Trinajstić information content (AvgIpc) is 2.82. The summed E-state index contributed by atoms with van der Waals surface area (Å²) in [6.45, 7) is 8.18. The van der Waals surface area contributed by atoms with E-state index in [0.717, 1.165) is 11.5 Å². The predicted molar refractivity (Wildman–Crippen MR) is 95.7 cm³/mol. The van der Waals surface area contributed by atoms with Gasteiger partial charge in [0.15, 0.2) is 6.73 Å². The zero-order valence-electron chi connectivity index (χ0n) is 14.9. The number of methoxy groups -OCH3 is 1. The van der Waals surface area contributed by atoms with Gasteiger partial charge in [-0.25, -0.2) is 4.57 Å². The topological polar surface area (TPSA) is 34.7 Å². The normalized spacial score (nSPS) is 15.2. The smallest absolute Gasteiger partial charge is 0.329 e. The van der Waals surface area contributed by atoms with E-state index in [2.05, 4.69) is 61.9 Å². The van der Waals surface area contributed by atoms with Crippen LogP contribution in [0.15, 0.2) is 47.6 Å². The molecule has 2 heterocycles. The van der Waals surface area contributed by atoms with Crippen LogP contribution in [0.2, 0.25) is 0 Å². The molecule has 126 valence electrons. The minimum atomic E-state index is -0.0611. The maximum atomic E-state index is 5.75. The molecule has 24 heavy (non-hydrogen) atoms. The number of aromatic nitrogens is 1. The molecule has 0 radical (unpaired) electrons. The highest BCUT2D eigenvalue weighted by molar-refractivity contribution is 5.98. The lowest BCUT2D eigenvalue weighted by Gasteiger charge is -2.17. The van der Waals surface area contributed by atoms with E-state index < -0.39 is 0 Å². The lowest BCUT2D eigenvalue weighted by atomic mass is 9.82. The molecule has 1 aliphatic heterocycles. The third-order valence-corrected chi connectivity index (χ3v) is 4.73. The second-order valence-corrected chi connectivity index (χ2v) is 6.65. The van der Waals surface area contributed by atoms with Crippen LogP contribution in [0.4, 0.5) is 5.82 Å². The highest BCUT2D eigenvalue weighted by Gasteiger charge is 2.41. The third kappa shape index (κ3) is 3.12. The second-order valence-electron chi connectivity index (χ2n) is 6.65. The molecular formula is C20H25N2O2+. The quantitative estimate of drug-likeness (QED) is 0.600. The molecule has 0 bridgehead atoms. The molecule has 0 atom stereocenters. The number of hydrogen-bond acceptors (Lipinski definition) is 3. The van der Waals surface area contributed by atoms with E-state index >= 15 is 0 Å². The van der Waals surface area contributed by atoms with Crippen LogP contribution in [-0.2, 0) is 21.6 Å². The summed E-state index contributed by atoms with van der Waals surface area (Å²) in [5, 5.41) is 0. The van der Waals surface area contributed by atoms with Gasteiger partial charge in [0.1, 0.15) is 11.9 Å². The Morgan fingerprint density at radius 1 is 1.08 bits per heavy atom. The molecule has 1 aliphatic rings. The van der Waals surface area contributed by atoms with Crippen molar-refractivity contribution < 1.29 is 14.0 Å². The summed E-state index contributed by atoms with van der Waals surface area (Å²) in [5.41, 5.74) is 4.70. The Kier molecular flexibility index (Phi) is 4.78. The first-order valence-electron chi connectivity index (χ1n) is 8.30. The Hall–Kier alpha value is -2.04. The number of rotatable bonds is 6. The molecule has 3 rings (SSSR count). The predicted octanol–water partition coefficient (Wildman–Crippen LogP) is 3.65. The molecule has 0 saturated carbocycles. The van der Waals surface area contributed by atoms with E-state index in [1.165, 1.54) is 16.7 Å². The van der Waals surface area contributed by atoms with Crippen molar-refractivity contribution in [3.8, 4) is 11.1 Å². The van der Waals surface area contributed by atoms with Crippen LogP contribution in [-0.4, -0.2) is 26.0 Å². The summed E-state index contributed by atoms with van der Waals surface area (Å²) in [4.78, 5) is 4.81. The van der Waals surface area contributed by atoms with Crippen LogP contribution in [0.25, 0.3) is 11.1 Å². The zero-order valence-corrected chi connectivity index (χ0v) is 14.9. The Morgan fingerprint density at radius 3 is 2.54 bits per heavy atom. The molecule has 0 unspecified atom stereocenters. The van der Waals surface area contributed by atoms with E-state index in [9.17, 15) is 0 Å². The molecule has 1 aromatic heterocycles. The number of nitrogens with zero attached hydrogens (tertiary/aromatic N) is 2. The van der Waals surface area contributed by atoms with Gasteiger partial charge in [0, 0.05) is 12.7 Å². The van der Waals surface area contributed by atoms with Crippen LogP contribution < -0.4 is 4.57 Å². The maximum absolute atomic E-state index is 5.75. The van der Waals surface area contributed by atoms with Gasteiger partial charge in [-0.05, 0) is 37.4 Å². The van der Waals surface area contributed by atoms with Gasteiger partial charge in [-0.1, -0.05) is 30.3 Å². The fourth-order valence-corrected chi connectivity index (χ4v) is 2.91. The summed E-state index contributed by atoms with van der Waals surface area (Å²) >= 11 is 0. The Labute approximate surface area is 143 Å². The van der Waals surface area contributed by atoms with Crippen molar-refractivity contribution in [2.45, 2.75) is 32.9 Å². The summed E-state index contributed by atoms with van der Waals surface area (Å²) in [7, 11) is 1.68. The largest absolute Gasteiger partial charge is 0.382 e. The first-order chi connectivity index (χ1) is 11.5. The lowest BCUT2D eigenvalue weighted by Crippen LogP contribution is -2.37. The molecule has 0 fully saturated rings. The minimum absolute atomic E-state index is 0.0611. The average molecular weight is 325 g/mol. The number of aliphatic imine (C=N–C) groups is 1. The van der Waals surface area contributed by atoms with Crippen LogP contribution in [0.3, 0.4) is 0 Å². The van der Waals surface area contributed by atoms with Gasteiger partial charge in [0.25, 0.3) is 0 Å². The third-order valence-electron chi connectivity index (χ3n) is 4.73. The first kappa shape index (κ1) is 16.8. The monoisotopic (exact) mass is 325 g/mol. The van der Waals surface area contributed by atoms with Gasteiger partial charge >= 0.3 is 5.82 Å². The summed E-state index contributed by atoms with van der Waals surface area (Å²) in [6.07, 6.45) is 2.12. The Balaban J connectivity index is 2.02. The molecule has 1 aromatic carbocycles. The summed E-state index contributed by atoms with van der Waals surface area (Å²) < 4.78 is 12.9. The molecule has 0 spiro atoms. The van der Waals surface area contributed by atoms with Crippen molar-refractivity contribution in [1.29, 1.82) is 0 Å². The molecule has 2 aromatic rings. The van der Waals surface area contributed by atoms with Crippen molar-refractivity contribution in [3.63, 3.8) is 0 Å². The maximum Gasteiger partial charge on any atom is 0.329 e. The number of benzene rings is 1. The molecule has 0 aliphatic carbocycles. The van der Waals surface area contributed by atoms with Crippen LogP contribution in [0.5, 0.6) is 0 Å². The fourth-order valence-electron chi connectivity index (χ4n) is 2.91. The second kappa shape index (κ2) is 6.83. The highest BCUT2D eigenvalue weighted by atomic mass is 16.5. The SMILES string of the molecule is COCCOC[n+]1cc(-c2ccccc2)cc2c1N=C(C)C2(C)C. The Morgan fingerprint density at radius 2 is 1.83 bits per heavy atom. The number of pyridine rings is 1. The van der Waals surface area contributed by atoms with Gasteiger partial charge in [-0.3, -0.25) is 0 Å². The van der Waals surface area contributed by atoms with Gasteiger partial charge < -0.3 is 9.47 Å². The molecule has 4 nitrogen and oxygen atoms in total. The molecule has 0 amide bonds. The van der Waals surface area contributed by atoms with Crippen LogP contribution in [0, 0.1) is 0 Å². The van der Waals surface area contributed by atoms with E-state index in [4.69, 9.17) is 14.5 Å². The van der Waals surface area contributed by atoms with Gasteiger partial charge in [0.2, 0.25) is 0 Å². The highest BCUT2D eigenvalue weighted by Crippen LogP contribution is 2.39. The van der Waals surface area contributed by atoms with E-state index in [-0.39, 0.29) is 5.41 Å². The van der Waals surface area contributed by atoms with Gasteiger partial charge in [-0.15, -0.1) is 0 Å². The van der Waals surface area contributed by atoms with E-state index in [1.807, 2.05) is 6.07 Å². The number of fused-ring (bicyclic) bond motifs is 1. The molecule has 0 saturated heterocycles. The fraction of sp³-hybridized carbons (Fsp3) is 0.400. The van der Waals surface area contributed by atoms with Crippen molar-refractivity contribution in [3.05, 3.63) is 48.2 Å². The Bertz CT molecular complexity index is 752. The standard InChI is InChI=1S/C20H25N2O2/c1-15-20(2,3)18-12-17(16-8-6-5-7-9-16)13-22(19(18)21-15)14-24-11-10-23-4/h5-9,12-13H,10-11,14H2,1-4H3/q+1. The van der Waals surface area contributed by atoms with Crippen molar-refractivity contribution in [1.82, 2.24) is 0 Å². The number of ether oxygens (including phenoxy) is 2.